The van der Waals surface area contributed by atoms with Gasteiger partial charge in [0.1, 0.15) is 0 Å². The van der Waals surface area contributed by atoms with Crippen LogP contribution < -0.4 is 0 Å². The van der Waals surface area contributed by atoms with Crippen molar-refractivity contribution < 1.29 is 0 Å². The van der Waals surface area contributed by atoms with Crippen LogP contribution in [0.25, 0.3) is 99.5 Å². The third-order valence-electron chi connectivity index (χ3n) is 13.4. The van der Waals surface area contributed by atoms with E-state index >= 15 is 0 Å². The van der Waals surface area contributed by atoms with Gasteiger partial charge in [-0.25, -0.2) is 0 Å². The van der Waals surface area contributed by atoms with Crippen LogP contribution in [0, 0.1) is 0 Å². The zero-order chi connectivity index (χ0) is 41.4. The van der Waals surface area contributed by atoms with E-state index in [4.69, 9.17) is 0 Å². The fraction of sp³-hybridized carbons (Fsp3) is 0.0164. The first kappa shape index (κ1) is 35.5. The molecule has 0 radical (unpaired) electrons. The van der Waals surface area contributed by atoms with Crippen LogP contribution in [0.5, 0.6) is 0 Å². The summed E-state index contributed by atoms with van der Waals surface area (Å²) in [6.07, 6.45) is 0. The molecular weight excluding hydrogens is 761 g/mol. The number of fused-ring (bicyclic) bond motifs is 9. The Morgan fingerprint density at radius 1 is 0.254 bits per heavy atom. The smallest absolute Gasteiger partial charge is 0.0544 e. The Kier molecular flexibility index (Phi) is 8.01. The first-order chi connectivity index (χ1) is 31.2. The van der Waals surface area contributed by atoms with Gasteiger partial charge >= 0.3 is 0 Å². The third-order valence-corrected chi connectivity index (χ3v) is 13.4. The molecule has 1 atom stereocenters. The topological polar surface area (TPSA) is 9.86 Å². The minimum absolute atomic E-state index is 0.162. The summed E-state index contributed by atoms with van der Waals surface area (Å²) >= 11 is 0. The summed E-state index contributed by atoms with van der Waals surface area (Å²) in [6.45, 7) is 0. The summed E-state index contributed by atoms with van der Waals surface area (Å²) in [5.41, 5.74) is 21.1. The van der Waals surface area contributed by atoms with E-state index in [1.807, 2.05) is 0 Å². The second-order valence-corrected chi connectivity index (χ2v) is 16.9. The van der Waals surface area contributed by atoms with E-state index in [2.05, 4.69) is 246 Å². The number of nitrogens with zero attached hydrogens (tertiary/aromatic N) is 2. The summed E-state index contributed by atoms with van der Waals surface area (Å²) in [4.78, 5) is 0. The second kappa shape index (κ2) is 14.2. The number of hydrogen-bond acceptors (Lipinski definition) is 0. The van der Waals surface area contributed by atoms with Crippen LogP contribution in [0.1, 0.15) is 22.6 Å². The van der Waals surface area contributed by atoms with Crippen molar-refractivity contribution in [2.24, 2.45) is 0 Å². The van der Waals surface area contributed by atoms with Crippen molar-refractivity contribution in [3.63, 3.8) is 0 Å². The van der Waals surface area contributed by atoms with Crippen molar-refractivity contribution in [1.29, 1.82) is 0 Å². The van der Waals surface area contributed by atoms with Crippen molar-refractivity contribution in [1.82, 2.24) is 9.13 Å². The molecule has 0 N–H and O–H groups in total. The van der Waals surface area contributed by atoms with Crippen molar-refractivity contribution in [3.8, 4) is 55.9 Å². The number of rotatable bonds is 6. The maximum atomic E-state index is 2.49. The van der Waals surface area contributed by atoms with Gasteiger partial charge in [0.25, 0.3) is 0 Å². The van der Waals surface area contributed by atoms with E-state index in [0.717, 1.165) is 11.4 Å². The van der Waals surface area contributed by atoms with Gasteiger partial charge in [-0.3, -0.25) is 0 Å². The normalized spacial score (nSPS) is 13.2. The van der Waals surface area contributed by atoms with Gasteiger partial charge in [-0.15, -0.1) is 0 Å². The predicted molar refractivity (Wildman–Crippen MR) is 264 cm³/mol. The zero-order valence-electron chi connectivity index (χ0n) is 34.5. The lowest BCUT2D eigenvalue weighted by atomic mass is 9.89. The highest BCUT2D eigenvalue weighted by molar-refractivity contribution is 6.14. The maximum absolute atomic E-state index is 2.49. The lowest BCUT2D eigenvalue weighted by Gasteiger charge is -2.15. The van der Waals surface area contributed by atoms with E-state index in [9.17, 15) is 0 Å². The average molecular weight is 801 g/mol. The molecule has 294 valence electrons. The summed E-state index contributed by atoms with van der Waals surface area (Å²) in [5, 5.41) is 5.00. The van der Waals surface area contributed by atoms with E-state index in [0.29, 0.717) is 0 Å². The summed E-state index contributed by atoms with van der Waals surface area (Å²) in [7, 11) is 0. The van der Waals surface area contributed by atoms with E-state index in [1.165, 1.54) is 105 Å². The summed E-state index contributed by atoms with van der Waals surface area (Å²) in [6, 6.07) is 87.2. The molecule has 12 aromatic rings. The molecular formula is C61H40N2. The molecule has 2 heterocycles. The Labute approximate surface area is 366 Å². The van der Waals surface area contributed by atoms with Crippen LogP contribution in [-0.4, -0.2) is 9.13 Å². The SMILES string of the molecule is c1ccc(-c2ccc(-n3c4ccccc4c4cc(-c5ccc6c(c5)c5cc7c(cc5n6-c5cccc(-c6ccccc6)c5)C(c5ccccc5)c5ccccc5-7)ccc43)cc2)cc1. The van der Waals surface area contributed by atoms with Crippen LogP contribution in [0.3, 0.4) is 0 Å². The lowest BCUT2D eigenvalue weighted by Crippen LogP contribution is -2.00. The molecule has 2 heteroatoms. The van der Waals surface area contributed by atoms with Gasteiger partial charge < -0.3 is 9.13 Å². The number of aromatic nitrogens is 2. The van der Waals surface area contributed by atoms with Crippen molar-refractivity contribution in [2.45, 2.75) is 5.92 Å². The second-order valence-electron chi connectivity index (χ2n) is 16.9. The van der Waals surface area contributed by atoms with Crippen LogP contribution in [0.2, 0.25) is 0 Å². The van der Waals surface area contributed by atoms with Crippen LogP contribution in [-0.2, 0) is 0 Å². The molecule has 0 spiro atoms. The Bertz CT molecular complexity index is 3710. The van der Waals surface area contributed by atoms with Gasteiger partial charge in [0.2, 0.25) is 0 Å². The zero-order valence-corrected chi connectivity index (χ0v) is 34.5. The molecule has 2 nitrogen and oxygen atoms in total. The van der Waals surface area contributed by atoms with Crippen molar-refractivity contribution >= 4 is 43.6 Å². The predicted octanol–water partition coefficient (Wildman–Crippen LogP) is 16.0. The average Bonchev–Trinajstić information content (AvgIpc) is 3.99. The first-order valence-corrected chi connectivity index (χ1v) is 21.9. The van der Waals surface area contributed by atoms with Crippen LogP contribution in [0.4, 0.5) is 0 Å². The van der Waals surface area contributed by atoms with E-state index < -0.39 is 0 Å². The van der Waals surface area contributed by atoms with Gasteiger partial charge in [0, 0.05) is 38.8 Å². The molecule has 0 bridgehead atoms. The molecule has 0 aliphatic heterocycles. The largest absolute Gasteiger partial charge is 0.309 e. The fourth-order valence-electron chi connectivity index (χ4n) is 10.5. The van der Waals surface area contributed by atoms with Gasteiger partial charge in [-0.1, -0.05) is 170 Å². The van der Waals surface area contributed by atoms with Gasteiger partial charge in [0.05, 0.1) is 22.1 Å². The van der Waals surface area contributed by atoms with E-state index in [1.54, 1.807) is 0 Å². The molecule has 1 unspecified atom stereocenters. The van der Waals surface area contributed by atoms with E-state index in [-0.39, 0.29) is 5.92 Å². The monoisotopic (exact) mass is 800 g/mol. The Morgan fingerprint density at radius 3 is 1.49 bits per heavy atom. The van der Waals surface area contributed by atoms with Crippen molar-refractivity contribution in [3.05, 3.63) is 253 Å². The fourth-order valence-corrected chi connectivity index (χ4v) is 10.5. The Morgan fingerprint density at radius 2 is 0.762 bits per heavy atom. The molecule has 0 amide bonds. The first-order valence-electron chi connectivity index (χ1n) is 21.9. The van der Waals surface area contributed by atoms with Crippen LogP contribution in [0.15, 0.2) is 237 Å². The quantitative estimate of drug-likeness (QED) is 0.159. The summed E-state index contributed by atoms with van der Waals surface area (Å²) < 4.78 is 4.90. The Hall–Kier alpha value is -8.20. The molecule has 0 saturated heterocycles. The molecule has 0 saturated carbocycles. The molecule has 1 aliphatic carbocycles. The van der Waals surface area contributed by atoms with Crippen LogP contribution >= 0.6 is 0 Å². The minimum Gasteiger partial charge on any atom is -0.309 e. The highest BCUT2D eigenvalue weighted by Gasteiger charge is 2.31. The van der Waals surface area contributed by atoms with Gasteiger partial charge in [-0.2, -0.15) is 0 Å². The van der Waals surface area contributed by atoms with Gasteiger partial charge in [0.15, 0.2) is 0 Å². The number of benzene rings is 10. The summed E-state index contributed by atoms with van der Waals surface area (Å²) in [5.74, 6) is 0.162. The molecule has 0 fully saturated rings. The lowest BCUT2D eigenvalue weighted by molar-refractivity contribution is 1.01. The third kappa shape index (κ3) is 5.65. The van der Waals surface area contributed by atoms with Gasteiger partial charge in [-0.05, 0) is 128 Å². The highest BCUT2D eigenvalue weighted by Crippen LogP contribution is 2.51. The minimum atomic E-state index is 0.162. The molecule has 63 heavy (non-hydrogen) atoms. The molecule has 13 rings (SSSR count). The molecule has 10 aromatic carbocycles. The molecule has 2 aromatic heterocycles. The molecule has 1 aliphatic rings. The van der Waals surface area contributed by atoms with Crippen molar-refractivity contribution in [2.75, 3.05) is 0 Å². The maximum Gasteiger partial charge on any atom is 0.0544 e. The number of hydrogen-bond donors (Lipinski definition) is 0. The highest BCUT2D eigenvalue weighted by atomic mass is 15.0. The number of para-hydroxylation sites is 1. The Balaban J connectivity index is 1.01. The standard InChI is InChI=1S/C61H40N2/c1-4-15-40(16-5-1)42-27-31-47(32-28-42)62-57-26-13-12-24-50(57)53-36-45(29-33-58(53)62)46-30-34-59-54(37-46)55-38-52-49-23-10-11-25-51(49)61(43-19-8-3-9-20-43)56(52)39-60(55)63(59)48-22-14-21-44(35-48)41-17-6-2-7-18-41/h1-39,61H.